The maximum Gasteiger partial charge on any atom is 0.321 e. The summed E-state index contributed by atoms with van der Waals surface area (Å²) in [7, 11) is -0.921. The number of carbonyl (C=O) groups excluding carboxylic acids is 1. The van der Waals surface area contributed by atoms with Crippen LogP contribution in [0.1, 0.15) is 25.7 Å². The third kappa shape index (κ3) is 2.85. The molecule has 1 saturated carbocycles. The molecule has 112 valence electrons. The molecular formula is C12H19N3O4S. The van der Waals surface area contributed by atoms with Crippen LogP contribution in [0.5, 0.6) is 0 Å². The summed E-state index contributed by atoms with van der Waals surface area (Å²) in [6, 6.07) is 1.29. The van der Waals surface area contributed by atoms with Crippen molar-refractivity contribution >= 4 is 16.0 Å². The maximum absolute atomic E-state index is 12.7. The fourth-order valence-corrected chi connectivity index (χ4v) is 4.26. The number of ether oxygens (including phenoxy) is 1. The second kappa shape index (κ2) is 5.92. The molecule has 0 atom stereocenters. The van der Waals surface area contributed by atoms with E-state index in [2.05, 4.69) is 9.84 Å². The van der Waals surface area contributed by atoms with Crippen LogP contribution in [0.4, 0.5) is 0 Å². The van der Waals surface area contributed by atoms with Gasteiger partial charge in [-0.3, -0.25) is 9.48 Å². The van der Waals surface area contributed by atoms with Gasteiger partial charge < -0.3 is 4.74 Å². The summed E-state index contributed by atoms with van der Waals surface area (Å²) >= 11 is 0. The number of aryl methyl sites for hydroxylation is 1. The molecule has 0 aliphatic heterocycles. The average molecular weight is 301 g/mol. The van der Waals surface area contributed by atoms with Crippen molar-refractivity contribution in [3.05, 3.63) is 12.3 Å². The summed E-state index contributed by atoms with van der Waals surface area (Å²) in [6.45, 7) is -0.255. The van der Waals surface area contributed by atoms with Gasteiger partial charge in [-0.1, -0.05) is 12.8 Å². The molecular weight excluding hydrogens is 282 g/mol. The molecule has 0 radical (unpaired) electrons. The molecule has 1 heterocycles. The summed E-state index contributed by atoms with van der Waals surface area (Å²) in [5.41, 5.74) is 0. The van der Waals surface area contributed by atoms with Crippen molar-refractivity contribution in [2.75, 3.05) is 13.7 Å². The van der Waals surface area contributed by atoms with E-state index in [-0.39, 0.29) is 17.6 Å². The topological polar surface area (TPSA) is 81.5 Å². The maximum atomic E-state index is 12.7. The van der Waals surface area contributed by atoms with E-state index in [1.165, 1.54) is 28.4 Å². The minimum Gasteiger partial charge on any atom is -0.468 e. The summed E-state index contributed by atoms with van der Waals surface area (Å²) in [4.78, 5) is 11.5. The van der Waals surface area contributed by atoms with Crippen LogP contribution < -0.4 is 0 Å². The van der Waals surface area contributed by atoms with E-state index >= 15 is 0 Å². The largest absolute Gasteiger partial charge is 0.468 e. The highest BCUT2D eigenvalue weighted by Gasteiger charge is 2.36. The molecule has 1 aromatic rings. The van der Waals surface area contributed by atoms with E-state index in [0.717, 1.165) is 25.7 Å². The van der Waals surface area contributed by atoms with Crippen molar-refractivity contribution in [3.63, 3.8) is 0 Å². The van der Waals surface area contributed by atoms with Gasteiger partial charge in [0.2, 0.25) is 0 Å². The number of esters is 1. The molecule has 0 aromatic carbocycles. The van der Waals surface area contributed by atoms with Crippen LogP contribution in [0, 0.1) is 0 Å². The zero-order valence-corrected chi connectivity index (χ0v) is 12.5. The lowest BCUT2D eigenvalue weighted by Gasteiger charge is -2.26. The molecule has 0 spiro atoms. The second-order valence-electron chi connectivity index (χ2n) is 4.86. The SMILES string of the molecule is COC(=O)CN(C1CCCC1)S(=O)(=O)c1ccnn1C. The Morgan fingerprint density at radius 3 is 2.65 bits per heavy atom. The molecule has 0 amide bonds. The Kier molecular flexibility index (Phi) is 4.44. The number of carbonyl (C=O) groups is 1. The molecule has 1 aromatic heterocycles. The first-order valence-corrected chi connectivity index (χ1v) is 7.97. The quantitative estimate of drug-likeness (QED) is 0.741. The van der Waals surface area contributed by atoms with Crippen LogP contribution in [0.15, 0.2) is 17.3 Å². The molecule has 1 fully saturated rings. The number of sulfonamides is 1. The molecule has 0 unspecified atom stereocenters. The highest BCUT2D eigenvalue weighted by Crippen LogP contribution is 2.28. The van der Waals surface area contributed by atoms with Gasteiger partial charge in [0.15, 0.2) is 5.03 Å². The fourth-order valence-electron chi connectivity index (χ4n) is 2.53. The lowest BCUT2D eigenvalue weighted by molar-refractivity contribution is -0.141. The second-order valence-corrected chi connectivity index (χ2v) is 6.70. The van der Waals surface area contributed by atoms with Gasteiger partial charge in [-0.25, -0.2) is 8.42 Å². The zero-order chi connectivity index (χ0) is 14.8. The van der Waals surface area contributed by atoms with Gasteiger partial charge in [0.1, 0.15) is 6.54 Å². The number of hydrogen-bond acceptors (Lipinski definition) is 5. The van der Waals surface area contributed by atoms with Crippen molar-refractivity contribution in [1.29, 1.82) is 0 Å². The zero-order valence-electron chi connectivity index (χ0n) is 11.7. The highest BCUT2D eigenvalue weighted by atomic mass is 32.2. The fraction of sp³-hybridized carbons (Fsp3) is 0.667. The molecule has 0 N–H and O–H groups in total. The van der Waals surface area contributed by atoms with E-state index < -0.39 is 16.0 Å². The Bertz CT molecular complexity index is 575. The summed E-state index contributed by atoms with van der Waals surface area (Å²) in [5, 5.41) is 3.98. The third-order valence-corrected chi connectivity index (χ3v) is 5.57. The summed E-state index contributed by atoms with van der Waals surface area (Å²) in [6.07, 6.45) is 4.92. The average Bonchev–Trinajstić information content (AvgIpc) is 3.06. The minimum absolute atomic E-state index is 0.0910. The van der Waals surface area contributed by atoms with Gasteiger partial charge in [0.05, 0.1) is 13.3 Å². The van der Waals surface area contributed by atoms with Crippen molar-refractivity contribution < 1.29 is 17.9 Å². The normalized spacial score (nSPS) is 16.8. The molecule has 7 nitrogen and oxygen atoms in total. The van der Waals surface area contributed by atoms with Crippen molar-refractivity contribution in [2.24, 2.45) is 7.05 Å². The lowest BCUT2D eigenvalue weighted by atomic mass is 10.2. The first-order chi connectivity index (χ1) is 9.46. The van der Waals surface area contributed by atoms with Crippen LogP contribution in [-0.2, 0) is 26.6 Å². The highest BCUT2D eigenvalue weighted by molar-refractivity contribution is 7.89. The van der Waals surface area contributed by atoms with Crippen LogP contribution in [0.3, 0.4) is 0 Å². The molecule has 8 heteroatoms. The Balaban J connectivity index is 2.34. The number of rotatable bonds is 5. The van der Waals surface area contributed by atoms with Crippen LogP contribution in [0.2, 0.25) is 0 Å². The predicted octanol–water partition coefficient (Wildman–Crippen LogP) is 0.526. The lowest BCUT2D eigenvalue weighted by Crippen LogP contribution is -2.43. The van der Waals surface area contributed by atoms with Crippen molar-refractivity contribution in [2.45, 2.75) is 36.8 Å². The number of nitrogens with zero attached hydrogens (tertiary/aromatic N) is 3. The van der Waals surface area contributed by atoms with Gasteiger partial charge in [0, 0.05) is 13.1 Å². The van der Waals surface area contributed by atoms with E-state index in [1.54, 1.807) is 7.05 Å². The molecule has 2 rings (SSSR count). The van der Waals surface area contributed by atoms with Gasteiger partial charge in [-0.2, -0.15) is 9.40 Å². The monoisotopic (exact) mass is 301 g/mol. The summed E-state index contributed by atoms with van der Waals surface area (Å²) in [5.74, 6) is -0.553. The number of aromatic nitrogens is 2. The van der Waals surface area contributed by atoms with E-state index in [1.807, 2.05) is 0 Å². The molecule has 1 aliphatic rings. The predicted molar refractivity (Wildman–Crippen MR) is 71.4 cm³/mol. The number of methoxy groups -OCH3 is 1. The molecule has 0 saturated heterocycles. The van der Waals surface area contributed by atoms with E-state index in [0.29, 0.717) is 0 Å². The molecule has 0 bridgehead atoms. The van der Waals surface area contributed by atoms with E-state index in [9.17, 15) is 13.2 Å². The van der Waals surface area contributed by atoms with Crippen molar-refractivity contribution in [1.82, 2.24) is 14.1 Å². The van der Waals surface area contributed by atoms with Crippen molar-refractivity contribution in [3.8, 4) is 0 Å². The molecule has 1 aliphatic carbocycles. The van der Waals surface area contributed by atoms with Gasteiger partial charge in [-0.15, -0.1) is 0 Å². The van der Waals surface area contributed by atoms with Gasteiger partial charge >= 0.3 is 5.97 Å². The smallest absolute Gasteiger partial charge is 0.321 e. The van der Waals surface area contributed by atoms with Crippen LogP contribution >= 0.6 is 0 Å². The standard InChI is InChI=1S/C12H19N3O4S/c1-14-11(7-8-13-14)20(17,18)15(9-12(16)19-2)10-5-3-4-6-10/h7-8,10H,3-6,9H2,1-2H3. The summed E-state index contributed by atoms with van der Waals surface area (Å²) < 4.78 is 32.6. The third-order valence-electron chi connectivity index (χ3n) is 3.59. The van der Waals surface area contributed by atoms with E-state index in [4.69, 9.17) is 0 Å². The minimum atomic E-state index is -3.74. The van der Waals surface area contributed by atoms with Crippen LogP contribution in [0.25, 0.3) is 0 Å². The van der Waals surface area contributed by atoms with Crippen LogP contribution in [-0.4, -0.2) is 48.2 Å². The van der Waals surface area contributed by atoms with Gasteiger partial charge in [0.25, 0.3) is 10.0 Å². The number of hydrogen-bond donors (Lipinski definition) is 0. The first kappa shape index (κ1) is 15.0. The Labute approximate surface area is 118 Å². The Morgan fingerprint density at radius 1 is 1.50 bits per heavy atom. The van der Waals surface area contributed by atoms with Gasteiger partial charge in [-0.05, 0) is 18.9 Å². The Hall–Kier alpha value is -1.41. The molecule has 20 heavy (non-hydrogen) atoms. The first-order valence-electron chi connectivity index (χ1n) is 6.53. The Morgan fingerprint density at radius 2 is 2.15 bits per heavy atom.